The lowest BCUT2D eigenvalue weighted by Crippen LogP contribution is -2.33. The van der Waals surface area contributed by atoms with Gasteiger partial charge in [-0.3, -0.25) is 0 Å². The molecule has 7 rings (SSSR count). The van der Waals surface area contributed by atoms with Gasteiger partial charge in [0, 0.05) is 11.1 Å². The Bertz CT molecular complexity index is 1490. The lowest BCUT2D eigenvalue weighted by atomic mass is 9.64. The van der Waals surface area contributed by atoms with Crippen LogP contribution in [0.1, 0.15) is 22.3 Å². The van der Waals surface area contributed by atoms with Crippen molar-refractivity contribution < 1.29 is 4.74 Å². The SMILES string of the molecule is Bc1ccc2c(c1)C1(c3ccccc3Oc3ccccc31)c1c-2ccc2ccccc12. The van der Waals surface area contributed by atoms with Crippen molar-refractivity contribution in [1.29, 1.82) is 0 Å². The largest absolute Gasteiger partial charge is 0.457 e. The van der Waals surface area contributed by atoms with E-state index in [4.69, 9.17) is 4.74 Å². The first-order valence-electron chi connectivity index (χ1n) is 10.8. The molecule has 0 unspecified atom stereocenters. The van der Waals surface area contributed by atoms with Gasteiger partial charge < -0.3 is 4.74 Å². The summed E-state index contributed by atoms with van der Waals surface area (Å²) in [7, 11) is 2.19. The van der Waals surface area contributed by atoms with Crippen molar-refractivity contribution in [1.82, 2.24) is 0 Å². The lowest BCUT2D eigenvalue weighted by molar-refractivity contribution is 0.437. The molecule has 1 heterocycles. The first-order chi connectivity index (χ1) is 15.3. The number of hydrogen-bond acceptors (Lipinski definition) is 1. The number of ether oxygens (including phenoxy) is 1. The molecular weight excluding hydrogens is 375 g/mol. The lowest BCUT2D eigenvalue weighted by Gasteiger charge is -2.40. The van der Waals surface area contributed by atoms with E-state index in [0.717, 1.165) is 11.5 Å². The summed E-state index contributed by atoms with van der Waals surface area (Å²) < 4.78 is 6.44. The summed E-state index contributed by atoms with van der Waals surface area (Å²) in [5, 5.41) is 2.58. The number of hydrogen-bond donors (Lipinski definition) is 0. The molecular formula is C29H19BO. The van der Waals surface area contributed by atoms with Crippen LogP contribution in [-0.4, -0.2) is 7.85 Å². The van der Waals surface area contributed by atoms with Crippen molar-refractivity contribution in [2.75, 3.05) is 0 Å². The van der Waals surface area contributed by atoms with E-state index in [0.29, 0.717) is 0 Å². The van der Waals surface area contributed by atoms with E-state index in [1.54, 1.807) is 0 Å². The van der Waals surface area contributed by atoms with Gasteiger partial charge in [0.25, 0.3) is 0 Å². The first kappa shape index (κ1) is 17.0. The van der Waals surface area contributed by atoms with Crippen molar-refractivity contribution in [2.45, 2.75) is 5.41 Å². The Morgan fingerprint density at radius 2 is 1.23 bits per heavy atom. The molecule has 0 radical (unpaired) electrons. The van der Waals surface area contributed by atoms with Crippen LogP contribution in [0.2, 0.25) is 0 Å². The Morgan fingerprint density at radius 1 is 0.581 bits per heavy atom. The summed E-state index contributed by atoms with van der Waals surface area (Å²) >= 11 is 0. The molecule has 0 amide bonds. The van der Waals surface area contributed by atoms with E-state index < -0.39 is 5.41 Å². The molecule has 31 heavy (non-hydrogen) atoms. The fourth-order valence-electron chi connectivity index (χ4n) is 5.79. The van der Waals surface area contributed by atoms with Gasteiger partial charge in [-0.1, -0.05) is 96.5 Å². The minimum atomic E-state index is -0.400. The third-order valence-corrected chi connectivity index (χ3v) is 6.98. The standard InChI is InChI=1S/C29H19BO/c30-19-14-16-21-22-15-13-18-7-1-2-8-20(18)28(22)29(25(21)17-19)23-9-3-5-11-26(23)31-27-12-6-4-10-24(27)29/h1-17H,30H2. The monoisotopic (exact) mass is 394 g/mol. The van der Waals surface area contributed by atoms with Crippen LogP contribution in [0.25, 0.3) is 21.9 Å². The Morgan fingerprint density at radius 3 is 2.00 bits per heavy atom. The van der Waals surface area contributed by atoms with E-state index >= 15 is 0 Å². The number of para-hydroxylation sites is 2. The highest BCUT2D eigenvalue weighted by atomic mass is 16.5. The van der Waals surface area contributed by atoms with Crippen LogP contribution in [0.4, 0.5) is 0 Å². The summed E-state index contributed by atoms with van der Waals surface area (Å²) in [5.41, 5.74) is 8.67. The zero-order valence-corrected chi connectivity index (χ0v) is 17.2. The van der Waals surface area contributed by atoms with Crippen LogP contribution in [-0.2, 0) is 5.41 Å². The van der Waals surface area contributed by atoms with E-state index in [1.165, 1.54) is 49.6 Å². The number of rotatable bonds is 0. The Kier molecular flexibility index (Phi) is 3.22. The zero-order valence-electron chi connectivity index (χ0n) is 17.2. The fourth-order valence-corrected chi connectivity index (χ4v) is 5.79. The third-order valence-electron chi connectivity index (χ3n) is 6.98. The predicted octanol–water partition coefficient (Wildman–Crippen LogP) is 5.57. The smallest absolute Gasteiger partial charge is 0.139 e. The topological polar surface area (TPSA) is 9.23 Å². The molecule has 1 aliphatic heterocycles. The molecule has 0 fully saturated rings. The first-order valence-corrected chi connectivity index (χ1v) is 10.8. The van der Waals surface area contributed by atoms with E-state index in [-0.39, 0.29) is 0 Å². The van der Waals surface area contributed by atoms with Crippen LogP contribution in [0.3, 0.4) is 0 Å². The van der Waals surface area contributed by atoms with Crippen molar-refractivity contribution in [3.05, 3.63) is 125 Å². The van der Waals surface area contributed by atoms with Crippen LogP contribution in [0.15, 0.2) is 103 Å². The van der Waals surface area contributed by atoms with Crippen LogP contribution < -0.4 is 10.2 Å². The highest BCUT2D eigenvalue weighted by Gasteiger charge is 2.51. The third kappa shape index (κ3) is 2.02. The van der Waals surface area contributed by atoms with Gasteiger partial charge in [-0.2, -0.15) is 0 Å². The molecule has 5 aromatic carbocycles. The van der Waals surface area contributed by atoms with Crippen molar-refractivity contribution >= 4 is 24.1 Å². The average molecular weight is 394 g/mol. The maximum absolute atomic E-state index is 6.44. The van der Waals surface area contributed by atoms with Gasteiger partial charge in [-0.05, 0) is 45.2 Å². The number of benzene rings is 5. The van der Waals surface area contributed by atoms with Crippen LogP contribution in [0, 0.1) is 0 Å². The van der Waals surface area contributed by atoms with Gasteiger partial charge in [0.1, 0.15) is 19.3 Å². The van der Waals surface area contributed by atoms with Gasteiger partial charge >= 0.3 is 0 Å². The van der Waals surface area contributed by atoms with Crippen LogP contribution in [0.5, 0.6) is 11.5 Å². The molecule has 0 aromatic heterocycles. The summed E-state index contributed by atoms with van der Waals surface area (Å²) in [6.07, 6.45) is 0. The molecule has 0 atom stereocenters. The van der Waals surface area contributed by atoms with E-state index in [1.807, 2.05) is 0 Å². The summed E-state index contributed by atoms with van der Waals surface area (Å²) in [6, 6.07) is 37.3. The average Bonchev–Trinajstić information content (AvgIpc) is 3.10. The molecule has 5 aromatic rings. The van der Waals surface area contributed by atoms with Gasteiger partial charge in [0.15, 0.2) is 0 Å². The highest BCUT2D eigenvalue weighted by molar-refractivity contribution is 6.32. The maximum atomic E-state index is 6.44. The van der Waals surface area contributed by atoms with Crippen molar-refractivity contribution in [3.8, 4) is 22.6 Å². The van der Waals surface area contributed by atoms with Gasteiger partial charge in [0.2, 0.25) is 0 Å². The second-order valence-electron chi connectivity index (χ2n) is 8.60. The minimum absolute atomic E-state index is 0.400. The molecule has 1 nitrogen and oxygen atoms in total. The highest BCUT2D eigenvalue weighted by Crippen LogP contribution is 2.63. The Hall–Kier alpha value is -3.78. The quantitative estimate of drug-likeness (QED) is 0.306. The molecule has 0 N–H and O–H groups in total. The molecule has 1 aliphatic carbocycles. The van der Waals surface area contributed by atoms with Crippen LogP contribution >= 0.6 is 0 Å². The fraction of sp³-hybridized carbons (Fsp3) is 0.0345. The summed E-state index contributed by atoms with van der Waals surface area (Å²) in [5.74, 6) is 1.88. The Balaban J connectivity index is 1.78. The summed E-state index contributed by atoms with van der Waals surface area (Å²) in [6.45, 7) is 0. The van der Waals surface area contributed by atoms with Gasteiger partial charge in [-0.25, -0.2) is 0 Å². The predicted molar refractivity (Wildman–Crippen MR) is 130 cm³/mol. The second-order valence-corrected chi connectivity index (χ2v) is 8.60. The molecule has 144 valence electrons. The van der Waals surface area contributed by atoms with E-state index in [2.05, 4.69) is 111 Å². The molecule has 0 bridgehead atoms. The Labute approximate surface area is 182 Å². The molecule has 2 heteroatoms. The minimum Gasteiger partial charge on any atom is -0.457 e. The molecule has 0 saturated carbocycles. The normalized spacial score (nSPS) is 14.5. The molecule has 2 aliphatic rings. The zero-order chi connectivity index (χ0) is 20.6. The molecule has 0 saturated heterocycles. The van der Waals surface area contributed by atoms with Gasteiger partial charge in [0.05, 0.1) is 5.41 Å². The van der Waals surface area contributed by atoms with E-state index in [9.17, 15) is 0 Å². The maximum Gasteiger partial charge on any atom is 0.139 e. The summed E-state index contributed by atoms with van der Waals surface area (Å²) in [4.78, 5) is 0. The molecule has 1 spiro atoms. The van der Waals surface area contributed by atoms with Crippen molar-refractivity contribution in [2.24, 2.45) is 0 Å². The van der Waals surface area contributed by atoms with Crippen molar-refractivity contribution in [3.63, 3.8) is 0 Å². The second kappa shape index (κ2) is 5.89. The van der Waals surface area contributed by atoms with Gasteiger partial charge in [-0.15, -0.1) is 0 Å². The number of fused-ring (bicyclic) bond motifs is 11.